The summed E-state index contributed by atoms with van der Waals surface area (Å²) in [5, 5.41) is 14.2. The topological polar surface area (TPSA) is 88.0 Å². The summed E-state index contributed by atoms with van der Waals surface area (Å²) in [5.74, 6) is 0.654. The predicted molar refractivity (Wildman–Crippen MR) is 108 cm³/mol. The number of rotatable bonds is 6. The molecule has 0 radical (unpaired) electrons. The highest BCUT2D eigenvalue weighted by molar-refractivity contribution is 5.94. The predicted octanol–water partition coefficient (Wildman–Crippen LogP) is 2.75. The molecule has 0 aromatic heterocycles. The number of nitro benzene ring substituents is 1. The summed E-state index contributed by atoms with van der Waals surface area (Å²) < 4.78 is 5.12. The lowest BCUT2D eigenvalue weighted by Gasteiger charge is -2.38. The van der Waals surface area contributed by atoms with E-state index in [1.54, 1.807) is 49.6 Å². The Morgan fingerprint density at radius 3 is 2.36 bits per heavy atom. The number of anilines is 2. The van der Waals surface area contributed by atoms with Crippen LogP contribution in [0.15, 0.2) is 48.5 Å². The first-order chi connectivity index (χ1) is 13.5. The lowest BCUT2D eigenvalue weighted by atomic mass is 10.1. The van der Waals surface area contributed by atoms with Gasteiger partial charge in [0.15, 0.2) is 0 Å². The van der Waals surface area contributed by atoms with Crippen LogP contribution < -0.4 is 15.0 Å². The van der Waals surface area contributed by atoms with Crippen molar-refractivity contribution in [1.82, 2.24) is 4.90 Å². The highest BCUT2D eigenvalue weighted by atomic mass is 16.6. The number of nitrogens with zero attached hydrogens (tertiary/aromatic N) is 3. The smallest absolute Gasteiger partial charge is 0.292 e. The maximum Gasteiger partial charge on any atom is 0.292 e. The molecule has 148 valence electrons. The van der Waals surface area contributed by atoms with Crippen molar-refractivity contribution < 1.29 is 14.5 Å². The van der Waals surface area contributed by atoms with Crippen molar-refractivity contribution in [2.75, 3.05) is 43.5 Å². The van der Waals surface area contributed by atoms with Crippen LogP contribution >= 0.6 is 0 Å². The number of ether oxygens (including phenoxy) is 1. The largest absolute Gasteiger partial charge is 0.497 e. The van der Waals surface area contributed by atoms with Crippen LogP contribution in [0.3, 0.4) is 0 Å². The molecule has 1 saturated heterocycles. The van der Waals surface area contributed by atoms with Crippen molar-refractivity contribution in [3.8, 4) is 5.75 Å². The van der Waals surface area contributed by atoms with Gasteiger partial charge in [0.2, 0.25) is 5.91 Å². The molecular formula is C20H24N4O4. The third-order valence-electron chi connectivity index (χ3n) is 5.02. The van der Waals surface area contributed by atoms with Crippen LogP contribution in [0.1, 0.15) is 6.92 Å². The molecule has 0 aliphatic carbocycles. The molecule has 0 saturated carbocycles. The molecule has 8 nitrogen and oxygen atoms in total. The average Bonchev–Trinajstić information content (AvgIpc) is 2.73. The van der Waals surface area contributed by atoms with Crippen molar-refractivity contribution in [2.24, 2.45) is 0 Å². The minimum Gasteiger partial charge on any atom is -0.497 e. The van der Waals surface area contributed by atoms with E-state index in [-0.39, 0.29) is 22.6 Å². The standard InChI is InChI=1S/C20H24N4O4/c1-15(20(25)21-16-7-9-17(28-2)10-8-16)22-11-13-23(14-12-22)18-5-3-4-6-19(18)24(26)27/h3-10,15H,11-14H2,1-2H3,(H,21,25). The molecule has 1 heterocycles. The summed E-state index contributed by atoms with van der Waals surface area (Å²) in [4.78, 5) is 27.6. The normalized spacial score (nSPS) is 15.7. The number of para-hydroxylation sites is 2. The van der Waals surface area contributed by atoms with Gasteiger partial charge in [-0.1, -0.05) is 12.1 Å². The summed E-state index contributed by atoms with van der Waals surface area (Å²) in [6.07, 6.45) is 0. The molecule has 1 amide bonds. The highest BCUT2D eigenvalue weighted by Crippen LogP contribution is 2.28. The zero-order valence-electron chi connectivity index (χ0n) is 16.0. The van der Waals surface area contributed by atoms with E-state index in [2.05, 4.69) is 10.2 Å². The highest BCUT2D eigenvalue weighted by Gasteiger charge is 2.28. The van der Waals surface area contributed by atoms with E-state index < -0.39 is 0 Å². The van der Waals surface area contributed by atoms with E-state index in [1.165, 1.54) is 6.07 Å². The summed E-state index contributed by atoms with van der Waals surface area (Å²) >= 11 is 0. The number of benzene rings is 2. The van der Waals surface area contributed by atoms with E-state index in [4.69, 9.17) is 4.74 Å². The van der Waals surface area contributed by atoms with Crippen molar-refractivity contribution in [1.29, 1.82) is 0 Å². The minimum absolute atomic E-state index is 0.0793. The van der Waals surface area contributed by atoms with Gasteiger partial charge in [0.1, 0.15) is 11.4 Å². The van der Waals surface area contributed by atoms with E-state index in [0.717, 1.165) is 11.4 Å². The second-order valence-electron chi connectivity index (χ2n) is 6.66. The number of piperazine rings is 1. The fourth-order valence-corrected chi connectivity index (χ4v) is 3.32. The number of methoxy groups -OCH3 is 1. The van der Waals surface area contributed by atoms with Crippen LogP contribution in [-0.2, 0) is 4.79 Å². The first-order valence-corrected chi connectivity index (χ1v) is 9.17. The second-order valence-corrected chi connectivity index (χ2v) is 6.66. The zero-order chi connectivity index (χ0) is 20.1. The fraction of sp³-hybridized carbons (Fsp3) is 0.350. The van der Waals surface area contributed by atoms with Crippen LogP contribution in [0.5, 0.6) is 5.75 Å². The maximum atomic E-state index is 12.6. The average molecular weight is 384 g/mol. The van der Waals surface area contributed by atoms with Gasteiger partial charge in [-0.25, -0.2) is 0 Å². The van der Waals surface area contributed by atoms with Gasteiger partial charge in [-0.05, 0) is 37.3 Å². The molecule has 3 rings (SSSR count). The molecule has 1 N–H and O–H groups in total. The van der Waals surface area contributed by atoms with Gasteiger partial charge in [-0.2, -0.15) is 0 Å². The Bertz CT molecular complexity index is 832. The lowest BCUT2D eigenvalue weighted by molar-refractivity contribution is -0.384. The van der Waals surface area contributed by atoms with Gasteiger partial charge in [0, 0.05) is 37.9 Å². The van der Waals surface area contributed by atoms with E-state index in [0.29, 0.717) is 31.9 Å². The van der Waals surface area contributed by atoms with Gasteiger partial charge in [0.05, 0.1) is 18.1 Å². The Morgan fingerprint density at radius 2 is 1.75 bits per heavy atom. The molecule has 1 unspecified atom stereocenters. The van der Waals surface area contributed by atoms with Gasteiger partial charge in [-0.3, -0.25) is 19.8 Å². The minimum atomic E-state index is -0.355. The Balaban J connectivity index is 1.58. The monoisotopic (exact) mass is 384 g/mol. The third-order valence-corrected chi connectivity index (χ3v) is 5.02. The van der Waals surface area contributed by atoms with Crippen LogP contribution in [-0.4, -0.2) is 55.1 Å². The Morgan fingerprint density at radius 1 is 1.11 bits per heavy atom. The Kier molecular flexibility index (Phi) is 6.10. The van der Waals surface area contributed by atoms with Crippen molar-refractivity contribution >= 4 is 23.0 Å². The SMILES string of the molecule is COc1ccc(NC(=O)C(C)N2CCN(c3ccccc3[N+](=O)[O-])CC2)cc1. The molecule has 0 bridgehead atoms. The number of carbonyl (C=O) groups is 1. The first kappa shape index (κ1) is 19.6. The van der Waals surface area contributed by atoms with Crippen molar-refractivity contribution in [3.05, 3.63) is 58.6 Å². The molecule has 1 aliphatic rings. The molecule has 0 spiro atoms. The number of amides is 1. The first-order valence-electron chi connectivity index (χ1n) is 9.17. The van der Waals surface area contributed by atoms with Crippen LogP contribution in [0.25, 0.3) is 0 Å². The molecule has 2 aromatic carbocycles. The van der Waals surface area contributed by atoms with E-state index >= 15 is 0 Å². The lowest BCUT2D eigenvalue weighted by Crippen LogP contribution is -2.52. The second kappa shape index (κ2) is 8.71. The van der Waals surface area contributed by atoms with Gasteiger partial charge < -0.3 is 15.0 Å². The number of hydrogen-bond acceptors (Lipinski definition) is 6. The van der Waals surface area contributed by atoms with Crippen LogP contribution in [0, 0.1) is 10.1 Å². The maximum absolute atomic E-state index is 12.6. The van der Waals surface area contributed by atoms with E-state index in [9.17, 15) is 14.9 Å². The summed E-state index contributed by atoms with van der Waals surface area (Å²) in [6, 6.07) is 13.7. The number of hydrogen-bond donors (Lipinski definition) is 1. The van der Waals surface area contributed by atoms with E-state index in [1.807, 2.05) is 11.8 Å². The van der Waals surface area contributed by atoms with Crippen LogP contribution in [0.2, 0.25) is 0 Å². The van der Waals surface area contributed by atoms with Crippen molar-refractivity contribution in [3.63, 3.8) is 0 Å². The molecular weight excluding hydrogens is 360 g/mol. The Hall–Kier alpha value is -3.13. The Labute approximate surface area is 163 Å². The summed E-state index contributed by atoms with van der Waals surface area (Å²) in [7, 11) is 1.60. The molecule has 1 aliphatic heterocycles. The van der Waals surface area contributed by atoms with Gasteiger partial charge in [0.25, 0.3) is 5.69 Å². The quantitative estimate of drug-likeness (QED) is 0.609. The van der Waals surface area contributed by atoms with Crippen LogP contribution in [0.4, 0.5) is 17.1 Å². The zero-order valence-corrected chi connectivity index (χ0v) is 16.0. The molecule has 28 heavy (non-hydrogen) atoms. The number of carbonyl (C=O) groups excluding carboxylic acids is 1. The number of nitrogens with one attached hydrogen (secondary N) is 1. The summed E-state index contributed by atoms with van der Waals surface area (Å²) in [6.45, 7) is 4.45. The molecule has 1 atom stereocenters. The van der Waals surface area contributed by atoms with Gasteiger partial charge >= 0.3 is 0 Å². The summed E-state index contributed by atoms with van der Waals surface area (Å²) in [5.41, 5.74) is 1.46. The third kappa shape index (κ3) is 4.40. The molecule has 8 heteroatoms. The fourth-order valence-electron chi connectivity index (χ4n) is 3.32. The van der Waals surface area contributed by atoms with Gasteiger partial charge in [-0.15, -0.1) is 0 Å². The van der Waals surface area contributed by atoms with Crippen molar-refractivity contribution in [2.45, 2.75) is 13.0 Å². The number of nitro groups is 1. The molecule has 1 fully saturated rings. The molecule has 2 aromatic rings.